The van der Waals surface area contributed by atoms with E-state index in [9.17, 15) is 19.8 Å². The van der Waals surface area contributed by atoms with Crippen molar-refractivity contribution in [3.05, 3.63) is 127 Å². The molecule has 0 spiro atoms. The average molecular weight is 675 g/mol. The number of hydrogen-bond donors (Lipinski definition) is 2. The monoisotopic (exact) mass is 673 g/mol. The Bertz CT molecular complexity index is 1440. The summed E-state index contributed by atoms with van der Waals surface area (Å²) in [4.78, 5) is 23.4. The number of benzene rings is 4. The smallest absolute Gasteiger partial charge is 0.871 e. The molecule has 4 aromatic rings. The predicted octanol–water partition coefficient (Wildman–Crippen LogP) is 5.66. The summed E-state index contributed by atoms with van der Waals surface area (Å²) in [5.74, 6) is -1.53. The van der Waals surface area contributed by atoms with Gasteiger partial charge in [-0.3, -0.25) is 9.59 Å². The van der Waals surface area contributed by atoms with Gasteiger partial charge in [-0.25, -0.2) is 10.9 Å². The normalized spacial score (nSPS) is 10.4. The zero-order chi connectivity index (χ0) is 29.1. The first kappa shape index (κ1) is 33.6. The molecule has 0 aromatic heterocycles. The fourth-order valence-electron chi connectivity index (χ4n) is 2.98. The van der Waals surface area contributed by atoms with Crippen molar-refractivity contribution in [2.75, 3.05) is 0 Å². The molecule has 0 aliphatic heterocycles. The van der Waals surface area contributed by atoms with E-state index in [1.54, 1.807) is 60.7 Å². The largest absolute Gasteiger partial charge is 2.00 e. The Morgan fingerprint density at radius 1 is 0.610 bits per heavy atom. The van der Waals surface area contributed by atoms with Crippen LogP contribution in [-0.4, -0.2) is 24.2 Å². The number of halogens is 4. The van der Waals surface area contributed by atoms with Crippen LogP contribution in [0.3, 0.4) is 0 Å². The molecule has 0 atom stereocenters. The number of carbonyl (C=O) groups excluding carboxylic acids is 2. The van der Waals surface area contributed by atoms with E-state index in [0.717, 1.165) is 0 Å². The zero-order valence-electron chi connectivity index (χ0n) is 20.6. The third-order valence-electron chi connectivity index (χ3n) is 4.89. The molecule has 2 amide bonds. The maximum atomic E-state index is 11.7. The molecule has 2 N–H and O–H groups in total. The van der Waals surface area contributed by atoms with E-state index >= 15 is 0 Å². The van der Waals surface area contributed by atoms with Crippen LogP contribution in [0.4, 0.5) is 0 Å². The Morgan fingerprint density at radius 2 is 0.951 bits per heavy atom. The molecule has 0 aliphatic rings. The van der Waals surface area contributed by atoms with Crippen molar-refractivity contribution in [1.82, 2.24) is 10.9 Å². The molecule has 4 aromatic carbocycles. The van der Waals surface area contributed by atoms with Gasteiger partial charge in [0.2, 0.25) is 0 Å². The van der Waals surface area contributed by atoms with Gasteiger partial charge >= 0.3 is 16.8 Å². The van der Waals surface area contributed by atoms with Gasteiger partial charge in [-0.1, -0.05) is 94.3 Å². The Hall–Kier alpha value is -3.57. The molecule has 0 saturated heterocycles. The maximum Gasteiger partial charge on any atom is 2.00 e. The van der Waals surface area contributed by atoms with Crippen LogP contribution in [0.1, 0.15) is 31.8 Å². The minimum absolute atomic E-state index is 0. The van der Waals surface area contributed by atoms with E-state index in [1.165, 1.54) is 36.7 Å². The molecule has 13 heteroatoms. The maximum absolute atomic E-state index is 11.7. The molecule has 0 saturated carbocycles. The topological polar surface area (TPSA) is 129 Å². The number of hydrogen-bond acceptors (Lipinski definition) is 6. The molecular formula is C28H18Cl4CoN4O4. The molecule has 1 radical (unpaired) electrons. The fourth-order valence-corrected chi connectivity index (χ4v) is 4.00. The second kappa shape index (κ2) is 16.6. The first-order chi connectivity index (χ1) is 19.2. The van der Waals surface area contributed by atoms with Crippen LogP contribution in [-0.2, 0) is 16.8 Å². The van der Waals surface area contributed by atoms with Crippen LogP contribution in [0.5, 0.6) is 11.5 Å². The van der Waals surface area contributed by atoms with Gasteiger partial charge in [-0.15, -0.1) is 0 Å². The summed E-state index contributed by atoms with van der Waals surface area (Å²) in [6.45, 7) is 0. The first-order valence-corrected chi connectivity index (χ1v) is 12.8. The molecular weight excluding hydrogens is 657 g/mol. The number of amides is 2. The van der Waals surface area contributed by atoms with E-state index in [0.29, 0.717) is 21.2 Å². The van der Waals surface area contributed by atoms with Crippen molar-refractivity contribution >= 4 is 70.6 Å². The molecule has 0 fully saturated rings. The van der Waals surface area contributed by atoms with Gasteiger partial charge in [-0.05, 0) is 59.7 Å². The van der Waals surface area contributed by atoms with E-state index in [4.69, 9.17) is 46.4 Å². The summed E-state index contributed by atoms with van der Waals surface area (Å²) in [5, 5.41) is 31.4. The zero-order valence-corrected chi connectivity index (χ0v) is 24.7. The SMILES string of the molecule is O=C(N/N=C/c1cc(Cl)cc(Cl)c1[O-])c1ccccc1.O=C(N/N=C/c1cc(Cl)cc(Cl)c1[O-])c1ccccc1.[Co+2]. The Labute approximate surface area is 265 Å². The molecule has 0 aliphatic carbocycles. The van der Waals surface area contributed by atoms with E-state index < -0.39 is 11.5 Å². The van der Waals surface area contributed by atoms with Gasteiger partial charge in [0.15, 0.2) is 0 Å². The van der Waals surface area contributed by atoms with Crippen molar-refractivity contribution in [3.8, 4) is 11.5 Å². The van der Waals surface area contributed by atoms with Gasteiger partial charge < -0.3 is 10.2 Å². The molecule has 41 heavy (non-hydrogen) atoms. The summed E-state index contributed by atoms with van der Waals surface area (Å²) >= 11 is 23.0. The number of nitrogens with zero attached hydrogens (tertiary/aromatic N) is 2. The van der Waals surface area contributed by atoms with E-state index in [-0.39, 0.29) is 49.8 Å². The van der Waals surface area contributed by atoms with Crippen molar-refractivity contribution in [2.24, 2.45) is 10.2 Å². The van der Waals surface area contributed by atoms with E-state index in [2.05, 4.69) is 21.1 Å². The molecule has 4 rings (SSSR count). The summed E-state index contributed by atoms with van der Waals surface area (Å²) < 4.78 is 0. The van der Waals surface area contributed by atoms with Gasteiger partial charge in [0.05, 0.1) is 12.4 Å². The second-order valence-corrected chi connectivity index (χ2v) is 9.43. The van der Waals surface area contributed by atoms with Gasteiger partial charge in [0.25, 0.3) is 11.8 Å². The first-order valence-electron chi connectivity index (χ1n) is 11.2. The minimum Gasteiger partial charge on any atom is -0.871 e. The fraction of sp³-hybridized carbons (Fsp3) is 0. The number of rotatable bonds is 6. The van der Waals surface area contributed by atoms with Gasteiger partial charge in [0.1, 0.15) is 0 Å². The third-order valence-corrected chi connectivity index (χ3v) is 5.88. The molecule has 0 heterocycles. The van der Waals surface area contributed by atoms with Crippen molar-refractivity contribution in [3.63, 3.8) is 0 Å². The number of nitrogens with one attached hydrogen (secondary N) is 2. The summed E-state index contributed by atoms with van der Waals surface area (Å²) in [6, 6.07) is 22.7. The molecule has 0 bridgehead atoms. The van der Waals surface area contributed by atoms with Crippen LogP contribution >= 0.6 is 46.4 Å². The van der Waals surface area contributed by atoms with Gasteiger partial charge in [-0.2, -0.15) is 10.2 Å². The van der Waals surface area contributed by atoms with Crippen LogP contribution in [0, 0.1) is 0 Å². The molecule has 211 valence electrons. The van der Waals surface area contributed by atoms with Gasteiger partial charge in [0, 0.05) is 31.2 Å². The summed E-state index contributed by atoms with van der Waals surface area (Å²) in [5.41, 5.74) is 5.98. The quantitative estimate of drug-likeness (QED) is 0.202. The molecule has 8 nitrogen and oxygen atoms in total. The van der Waals surface area contributed by atoms with Crippen molar-refractivity contribution in [1.29, 1.82) is 0 Å². The van der Waals surface area contributed by atoms with Crippen LogP contribution in [0.25, 0.3) is 0 Å². The number of hydrazone groups is 2. The predicted molar refractivity (Wildman–Crippen MR) is 155 cm³/mol. The van der Waals surface area contributed by atoms with E-state index in [1.807, 2.05) is 0 Å². The van der Waals surface area contributed by atoms with Crippen LogP contribution < -0.4 is 21.1 Å². The standard InChI is InChI=1S/2C14H10Cl2N2O2.Co/c2*15-11-6-10(13(19)12(16)7-11)8-17-18-14(20)9-4-2-1-3-5-9;/h2*1-8,19H,(H,18,20);/q;;+2/p-2/b2*17-8+;. The Morgan fingerprint density at radius 3 is 1.29 bits per heavy atom. The Balaban J connectivity index is 0.000000280. The number of carbonyl (C=O) groups is 2. The van der Waals surface area contributed by atoms with Crippen molar-refractivity contribution in [2.45, 2.75) is 0 Å². The second-order valence-electron chi connectivity index (χ2n) is 7.74. The van der Waals surface area contributed by atoms with Crippen LogP contribution in [0.15, 0.2) is 95.1 Å². The molecule has 0 unspecified atom stereocenters. The summed E-state index contributed by atoms with van der Waals surface area (Å²) in [6.07, 6.45) is 2.42. The average Bonchev–Trinajstić information content (AvgIpc) is 2.95. The third kappa shape index (κ3) is 10.4. The van der Waals surface area contributed by atoms with Crippen molar-refractivity contribution < 1.29 is 36.6 Å². The minimum atomic E-state index is -0.395. The Kier molecular flexibility index (Phi) is 13.6. The summed E-state index contributed by atoms with van der Waals surface area (Å²) in [7, 11) is 0. The van der Waals surface area contributed by atoms with Crippen LogP contribution in [0.2, 0.25) is 20.1 Å².